The molecule has 4 N–H and O–H groups in total. The van der Waals surface area contributed by atoms with Gasteiger partial charge in [-0.15, -0.1) is 0 Å². The summed E-state index contributed by atoms with van der Waals surface area (Å²) >= 11 is 5.95. The molecule has 1 aliphatic heterocycles. The zero-order valence-corrected chi connectivity index (χ0v) is 20.3. The lowest BCUT2D eigenvalue weighted by Gasteiger charge is -2.19. The molecule has 0 aromatic heterocycles. The lowest BCUT2D eigenvalue weighted by Crippen LogP contribution is -2.29. The molecule has 2 atom stereocenters. The minimum atomic E-state index is -0.308. The van der Waals surface area contributed by atoms with Crippen molar-refractivity contribution in [1.82, 2.24) is 4.90 Å². The van der Waals surface area contributed by atoms with Gasteiger partial charge in [0.05, 0.1) is 29.9 Å². The van der Waals surface area contributed by atoms with Gasteiger partial charge in [0.1, 0.15) is 0 Å². The predicted molar refractivity (Wildman–Crippen MR) is 143 cm³/mol. The van der Waals surface area contributed by atoms with Crippen molar-refractivity contribution in [2.45, 2.75) is 5.92 Å². The molecule has 0 spiro atoms. The second-order valence-corrected chi connectivity index (χ2v) is 9.07. The van der Waals surface area contributed by atoms with Gasteiger partial charge in [-0.25, -0.2) is 0 Å². The first-order valence-electron chi connectivity index (χ1n) is 11.5. The topological polar surface area (TPSA) is 111 Å². The Morgan fingerprint density at radius 1 is 1.03 bits per heavy atom. The minimum Gasteiger partial charge on any atom is -0.397 e. The van der Waals surface area contributed by atoms with Gasteiger partial charge in [0.2, 0.25) is 11.8 Å². The van der Waals surface area contributed by atoms with Crippen molar-refractivity contribution in [3.05, 3.63) is 95.0 Å². The standard InChI is InChI=1S/C28H26ClN5O2/c29-21-10-12-22(13-11-21)32-28(36)24-18-34(16-15-30)17-23(24)20-8-5-19(6-9-20)7-14-27(35)33-26-4-2-1-3-25(26)31/h1-14,23-24H,16-18,31H2,(H,32,36)(H,33,35)/b14-7+. The number of carbonyl (C=O) groups is 2. The molecule has 2 amide bonds. The van der Waals surface area contributed by atoms with E-state index in [0.29, 0.717) is 35.2 Å². The second kappa shape index (κ2) is 11.5. The van der Waals surface area contributed by atoms with Crippen LogP contribution in [-0.2, 0) is 9.59 Å². The van der Waals surface area contributed by atoms with Gasteiger partial charge >= 0.3 is 0 Å². The van der Waals surface area contributed by atoms with Crippen LogP contribution in [0.5, 0.6) is 0 Å². The first-order valence-corrected chi connectivity index (χ1v) is 11.9. The predicted octanol–water partition coefficient (Wildman–Crippen LogP) is 4.75. The van der Waals surface area contributed by atoms with Crippen molar-refractivity contribution < 1.29 is 9.59 Å². The lowest BCUT2D eigenvalue weighted by atomic mass is 9.88. The monoisotopic (exact) mass is 499 g/mol. The van der Waals surface area contributed by atoms with E-state index in [1.165, 1.54) is 6.08 Å². The third-order valence-corrected chi connectivity index (χ3v) is 6.40. The molecular weight excluding hydrogens is 474 g/mol. The Kier molecular flexibility index (Phi) is 8.01. The third-order valence-electron chi connectivity index (χ3n) is 6.15. The summed E-state index contributed by atoms with van der Waals surface area (Å²) in [7, 11) is 0. The molecule has 7 nitrogen and oxygen atoms in total. The van der Waals surface area contributed by atoms with Crippen molar-refractivity contribution in [3.63, 3.8) is 0 Å². The van der Waals surface area contributed by atoms with E-state index < -0.39 is 0 Å². The number of nitrogens with zero attached hydrogens (tertiary/aromatic N) is 2. The van der Waals surface area contributed by atoms with Crippen LogP contribution in [0.4, 0.5) is 17.1 Å². The summed E-state index contributed by atoms with van der Waals surface area (Å²) in [6.07, 6.45) is 3.17. The minimum absolute atomic E-state index is 0.0620. The summed E-state index contributed by atoms with van der Waals surface area (Å²) < 4.78 is 0. The largest absolute Gasteiger partial charge is 0.397 e. The van der Waals surface area contributed by atoms with Crippen molar-refractivity contribution >= 4 is 46.6 Å². The number of hydrogen-bond donors (Lipinski definition) is 3. The summed E-state index contributed by atoms with van der Waals surface area (Å²) in [6, 6.07) is 24.0. The van der Waals surface area contributed by atoms with E-state index in [2.05, 4.69) is 16.7 Å². The van der Waals surface area contributed by atoms with Crippen LogP contribution in [0.25, 0.3) is 6.08 Å². The first-order chi connectivity index (χ1) is 17.4. The van der Waals surface area contributed by atoms with Gasteiger partial charge in [-0.3, -0.25) is 14.5 Å². The van der Waals surface area contributed by atoms with Crippen LogP contribution in [0.15, 0.2) is 78.9 Å². The summed E-state index contributed by atoms with van der Waals surface area (Å²) in [6.45, 7) is 1.38. The quantitative estimate of drug-likeness (QED) is 0.247. The van der Waals surface area contributed by atoms with E-state index >= 15 is 0 Å². The van der Waals surface area contributed by atoms with Crippen LogP contribution in [0.1, 0.15) is 17.0 Å². The number of halogens is 1. The Balaban J connectivity index is 1.44. The van der Waals surface area contributed by atoms with Gasteiger partial charge in [0.25, 0.3) is 0 Å². The molecule has 1 heterocycles. The Labute approximate surface area is 215 Å². The van der Waals surface area contributed by atoms with Gasteiger partial charge in [-0.05, 0) is 53.6 Å². The average Bonchev–Trinajstić information content (AvgIpc) is 3.30. The molecule has 0 bridgehead atoms. The molecule has 8 heteroatoms. The van der Waals surface area contributed by atoms with E-state index in [1.54, 1.807) is 54.6 Å². The molecule has 0 aliphatic carbocycles. The van der Waals surface area contributed by atoms with Crippen LogP contribution in [0, 0.1) is 17.2 Å². The Hall–Kier alpha value is -4.12. The molecular formula is C28H26ClN5O2. The number of nitrogen functional groups attached to an aromatic ring is 1. The van der Waals surface area contributed by atoms with Gasteiger partial charge in [0.15, 0.2) is 0 Å². The molecule has 0 radical (unpaired) electrons. The van der Waals surface area contributed by atoms with Gasteiger partial charge in [0, 0.05) is 35.8 Å². The SMILES string of the molecule is N#CCN1CC(C(=O)Nc2ccc(Cl)cc2)C(c2ccc(/C=C/C(=O)Nc3ccccc3N)cc2)C1. The molecule has 2 unspecified atom stereocenters. The number of nitriles is 1. The van der Waals surface area contributed by atoms with E-state index in [4.69, 9.17) is 22.6 Å². The van der Waals surface area contributed by atoms with Crippen molar-refractivity contribution in [2.24, 2.45) is 5.92 Å². The van der Waals surface area contributed by atoms with E-state index in [0.717, 1.165) is 11.1 Å². The molecule has 0 saturated carbocycles. The van der Waals surface area contributed by atoms with E-state index in [9.17, 15) is 9.59 Å². The van der Waals surface area contributed by atoms with Crippen LogP contribution >= 0.6 is 11.6 Å². The summed E-state index contributed by atoms with van der Waals surface area (Å²) in [5.74, 6) is -0.743. The lowest BCUT2D eigenvalue weighted by molar-refractivity contribution is -0.119. The van der Waals surface area contributed by atoms with Gasteiger partial charge < -0.3 is 16.4 Å². The number of para-hydroxylation sites is 2. The number of carbonyl (C=O) groups excluding carboxylic acids is 2. The molecule has 182 valence electrons. The number of nitrogens with two attached hydrogens (primary N) is 1. The molecule has 3 aromatic carbocycles. The summed E-state index contributed by atoms with van der Waals surface area (Å²) in [5, 5.41) is 15.5. The highest BCUT2D eigenvalue weighted by Crippen LogP contribution is 2.34. The van der Waals surface area contributed by atoms with Crippen LogP contribution < -0.4 is 16.4 Å². The average molecular weight is 500 g/mol. The zero-order chi connectivity index (χ0) is 25.5. The van der Waals surface area contributed by atoms with Crippen molar-refractivity contribution in [3.8, 4) is 6.07 Å². The molecule has 1 fully saturated rings. The third kappa shape index (κ3) is 6.30. The molecule has 3 aromatic rings. The van der Waals surface area contributed by atoms with Crippen LogP contribution in [0.3, 0.4) is 0 Å². The molecule has 36 heavy (non-hydrogen) atoms. The zero-order valence-electron chi connectivity index (χ0n) is 19.5. The maximum atomic E-state index is 13.1. The molecule has 4 rings (SSSR count). The first kappa shape index (κ1) is 25.0. The Bertz CT molecular complexity index is 1300. The number of nitrogens with one attached hydrogen (secondary N) is 2. The highest BCUT2D eigenvalue weighted by Gasteiger charge is 2.38. The van der Waals surface area contributed by atoms with Crippen molar-refractivity contribution in [1.29, 1.82) is 5.26 Å². The Morgan fingerprint density at radius 2 is 1.75 bits per heavy atom. The normalized spacial score (nSPS) is 17.6. The van der Waals surface area contributed by atoms with Crippen molar-refractivity contribution in [2.75, 3.05) is 36.0 Å². The Morgan fingerprint density at radius 3 is 2.44 bits per heavy atom. The summed E-state index contributed by atoms with van der Waals surface area (Å²) in [5.41, 5.74) is 9.47. The summed E-state index contributed by atoms with van der Waals surface area (Å²) in [4.78, 5) is 27.4. The number of benzene rings is 3. The number of rotatable bonds is 7. The van der Waals surface area contributed by atoms with Gasteiger partial charge in [-0.2, -0.15) is 5.26 Å². The van der Waals surface area contributed by atoms with E-state index in [-0.39, 0.29) is 30.2 Å². The smallest absolute Gasteiger partial charge is 0.248 e. The van der Waals surface area contributed by atoms with Crippen LogP contribution in [-0.4, -0.2) is 36.3 Å². The fourth-order valence-electron chi connectivity index (χ4n) is 4.30. The molecule has 1 aliphatic rings. The molecule has 1 saturated heterocycles. The highest BCUT2D eigenvalue weighted by molar-refractivity contribution is 6.30. The van der Waals surface area contributed by atoms with Gasteiger partial charge in [-0.1, -0.05) is 48.0 Å². The maximum absolute atomic E-state index is 13.1. The number of likely N-dealkylation sites (tertiary alicyclic amines) is 1. The second-order valence-electron chi connectivity index (χ2n) is 8.64. The number of amides is 2. The number of anilines is 3. The van der Waals surface area contributed by atoms with Crippen LogP contribution in [0.2, 0.25) is 5.02 Å². The highest BCUT2D eigenvalue weighted by atomic mass is 35.5. The fourth-order valence-corrected chi connectivity index (χ4v) is 4.42. The van der Waals surface area contributed by atoms with E-state index in [1.807, 2.05) is 29.2 Å². The maximum Gasteiger partial charge on any atom is 0.248 e. The number of hydrogen-bond acceptors (Lipinski definition) is 5. The fraction of sp³-hybridized carbons (Fsp3) is 0.179.